The van der Waals surface area contributed by atoms with Crippen molar-refractivity contribution in [3.05, 3.63) is 35.1 Å². The average Bonchev–Trinajstić information content (AvgIpc) is 2.09. The molecular weight excluding hydrogens is 165 g/mol. The summed E-state index contributed by atoms with van der Waals surface area (Å²) in [6.07, 6.45) is 0. The molecule has 1 nitrogen and oxygen atoms in total. The quantitative estimate of drug-likeness (QED) is 0.739. The van der Waals surface area contributed by atoms with E-state index in [1.807, 2.05) is 33.9 Å². The van der Waals surface area contributed by atoms with Crippen LogP contribution in [0.15, 0.2) is 18.2 Å². The maximum absolute atomic E-state index is 13.2. The average molecular weight is 181 g/mol. The molecule has 13 heavy (non-hydrogen) atoms. The Morgan fingerprint density at radius 3 is 2.46 bits per heavy atom. The lowest BCUT2D eigenvalue weighted by Gasteiger charge is -2.26. The SMILES string of the molecule is CNC(C)(C)c1cccc(F)c1C. The maximum atomic E-state index is 13.2. The number of benzene rings is 1. The van der Waals surface area contributed by atoms with Crippen molar-refractivity contribution in [2.45, 2.75) is 26.3 Å². The van der Waals surface area contributed by atoms with Gasteiger partial charge in [0.15, 0.2) is 0 Å². The third kappa shape index (κ3) is 1.89. The summed E-state index contributed by atoms with van der Waals surface area (Å²) in [4.78, 5) is 0. The molecule has 2 heteroatoms. The second-order valence-corrected chi connectivity index (χ2v) is 3.79. The van der Waals surface area contributed by atoms with Crippen molar-refractivity contribution in [2.75, 3.05) is 7.05 Å². The first-order valence-electron chi connectivity index (χ1n) is 4.43. The molecule has 0 saturated carbocycles. The van der Waals surface area contributed by atoms with Gasteiger partial charge < -0.3 is 5.32 Å². The van der Waals surface area contributed by atoms with E-state index in [4.69, 9.17) is 0 Å². The predicted molar refractivity (Wildman–Crippen MR) is 53.2 cm³/mol. The fourth-order valence-electron chi connectivity index (χ4n) is 1.42. The first-order chi connectivity index (χ1) is 5.99. The van der Waals surface area contributed by atoms with Crippen LogP contribution in [-0.4, -0.2) is 7.05 Å². The van der Waals surface area contributed by atoms with Crippen molar-refractivity contribution in [3.8, 4) is 0 Å². The van der Waals surface area contributed by atoms with Gasteiger partial charge in [0.05, 0.1) is 0 Å². The van der Waals surface area contributed by atoms with Crippen LogP contribution in [0.3, 0.4) is 0 Å². The van der Waals surface area contributed by atoms with E-state index >= 15 is 0 Å². The zero-order valence-corrected chi connectivity index (χ0v) is 8.61. The normalized spacial score (nSPS) is 11.8. The standard InChI is InChI=1S/C11H16FN/c1-8-9(11(2,3)13-4)6-5-7-10(8)12/h5-7,13H,1-4H3. The van der Waals surface area contributed by atoms with E-state index in [2.05, 4.69) is 5.32 Å². The van der Waals surface area contributed by atoms with E-state index in [1.165, 1.54) is 6.07 Å². The molecule has 0 aliphatic heterocycles. The summed E-state index contributed by atoms with van der Waals surface area (Å²) in [6, 6.07) is 5.19. The minimum Gasteiger partial charge on any atom is -0.311 e. The van der Waals surface area contributed by atoms with Crippen molar-refractivity contribution < 1.29 is 4.39 Å². The molecule has 0 unspecified atom stereocenters. The molecule has 0 saturated heterocycles. The number of hydrogen-bond donors (Lipinski definition) is 1. The lowest BCUT2D eigenvalue weighted by molar-refractivity contribution is 0.438. The molecule has 1 N–H and O–H groups in total. The highest BCUT2D eigenvalue weighted by Crippen LogP contribution is 2.24. The molecule has 1 rings (SSSR count). The molecule has 1 aromatic rings. The molecule has 0 heterocycles. The van der Waals surface area contributed by atoms with Gasteiger partial charge in [-0.25, -0.2) is 4.39 Å². The zero-order chi connectivity index (χ0) is 10.1. The summed E-state index contributed by atoms with van der Waals surface area (Å²) < 4.78 is 13.2. The Morgan fingerprint density at radius 2 is 1.92 bits per heavy atom. The molecule has 0 bridgehead atoms. The minimum atomic E-state index is -0.174. The molecule has 0 aromatic heterocycles. The van der Waals surface area contributed by atoms with Gasteiger partial charge in [0, 0.05) is 5.54 Å². The number of nitrogens with one attached hydrogen (secondary N) is 1. The summed E-state index contributed by atoms with van der Waals surface area (Å²) >= 11 is 0. The Hall–Kier alpha value is -0.890. The van der Waals surface area contributed by atoms with Gasteiger partial charge >= 0.3 is 0 Å². The van der Waals surface area contributed by atoms with Gasteiger partial charge in [-0.2, -0.15) is 0 Å². The van der Waals surface area contributed by atoms with Crippen molar-refractivity contribution in [1.82, 2.24) is 5.32 Å². The first-order valence-corrected chi connectivity index (χ1v) is 4.43. The number of rotatable bonds is 2. The molecule has 1 aromatic carbocycles. The highest BCUT2D eigenvalue weighted by atomic mass is 19.1. The third-order valence-corrected chi connectivity index (χ3v) is 2.57. The number of hydrogen-bond acceptors (Lipinski definition) is 1. The van der Waals surface area contributed by atoms with E-state index in [-0.39, 0.29) is 11.4 Å². The summed E-state index contributed by atoms with van der Waals surface area (Å²) in [5.41, 5.74) is 1.56. The van der Waals surface area contributed by atoms with Crippen molar-refractivity contribution >= 4 is 0 Å². The molecule has 0 amide bonds. The van der Waals surface area contributed by atoms with Crippen molar-refractivity contribution in [3.63, 3.8) is 0 Å². The zero-order valence-electron chi connectivity index (χ0n) is 8.61. The summed E-state index contributed by atoms with van der Waals surface area (Å²) in [5, 5.41) is 3.16. The molecule has 0 radical (unpaired) electrons. The lowest BCUT2D eigenvalue weighted by Crippen LogP contribution is -2.34. The second-order valence-electron chi connectivity index (χ2n) is 3.79. The fourth-order valence-corrected chi connectivity index (χ4v) is 1.42. The van der Waals surface area contributed by atoms with Gasteiger partial charge in [0.1, 0.15) is 5.82 Å². The largest absolute Gasteiger partial charge is 0.311 e. The second kappa shape index (κ2) is 3.46. The van der Waals surface area contributed by atoms with Crippen LogP contribution < -0.4 is 5.32 Å². The van der Waals surface area contributed by atoms with E-state index in [1.54, 1.807) is 6.07 Å². The molecular formula is C11H16FN. The lowest BCUT2D eigenvalue weighted by atomic mass is 9.90. The van der Waals surface area contributed by atoms with Gasteiger partial charge in [0.25, 0.3) is 0 Å². The van der Waals surface area contributed by atoms with Gasteiger partial charge in [-0.1, -0.05) is 12.1 Å². The van der Waals surface area contributed by atoms with Gasteiger partial charge in [-0.3, -0.25) is 0 Å². The maximum Gasteiger partial charge on any atom is 0.126 e. The number of halogens is 1. The smallest absolute Gasteiger partial charge is 0.126 e. The Balaban J connectivity index is 3.22. The van der Waals surface area contributed by atoms with Crippen LogP contribution in [0.5, 0.6) is 0 Å². The Labute approximate surface area is 79.0 Å². The minimum absolute atomic E-state index is 0.138. The van der Waals surface area contributed by atoms with E-state index in [0.29, 0.717) is 0 Å². The summed E-state index contributed by atoms with van der Waals surface area (Å²) in [5.74, 6) is -0.138. The predicted octanol–water partition coefficient (Wildman–Crippen LogP) is 2.59. The summed E-state index contributed by atoms with van der Waals surface area (Å²) in [6.45, 7) is 5.88. The van der Waals surface area contributed by atoms with Crippen molar-refractivity contribution in [2.24, 2.45) is 0 Å². The van der Waals surface area contributed by atoms with Crippen LogP contribution in [0, 0.1) is 12.7 Å². The van der Waals surface area contributed by atoms with E-state index < -0.39 is 0 Å². The van der Waals surface area contributed by atoms with Crippen LogP contribution in [-0.2, 0) is 5.54 Å². The topological polar surface area (TPSA) is 12.0 Å². The molecule has 0 aliphatic rings. The van der Waals surface area contributed by atoms with Crippen LogP contribution >= 0.6 is 0 Å². The monoisotopic (exact) mass is 181 g/mol. The van der Waals surface area contributed by atoms with Gasteiger partial charge in [-0.15, -0.1) is 0 Å². The molecule has 0 atom stereocenters. The van der Waals surface area contributed by atoms with Gasteiger partial charge in [0.2, 0.25) is 0 Å². The Morgan fingerprint density at radius 1 is 1.31 bits per heavy atom. The Bertz CT molecular complexity index is 305. The van der Waals surface area contributed by atoms with E-state index in [0.717, 1.165) is 11.1 Å². The van der Waals surface area contributed by atoms with Crippen LogP contribution in [0.1, 0.15) is 25.0 Å². The van der Waals surface area contributed by atoms with Gasteiger partial charge in [-0.05, 0) is 45.0 Å². The summed E-state index contributed by atoms with van der Waals surface area (Å²) in [7, 11) is 1.88. The highest BCUT2D eigenvalue weighted by molar-refractivity contribution is 5.32. The highest BCUT2D eigenvalue weighted by Gasteiger charge is 2.20. The fraction of sp³-hybridized carbons (Fsp3) is 0.455. The van der Waals surface area contributed by atoms with Crippen molar-refractivity contribution in [1.29, 1.82) is 0 Å². The molecule has 72 valence electrons. The van der Waals surface area contributed by atoms with E-state index in [9.17, 15) is 4.39 Å². The third-order valence-electron chi connectivity index (χ3n) is 2.57. The molecule has 0 aliphatic carbocycles. The van der Waals surface area contributed by atoms with Crippen LogP contribution in [0.2, 0.25) is 0 Å². The molecule has 0 fully saturated rings. The Kier molecular flexibility index (Phi) is 2.71. The first kappa shape index (κ1) is 10.2. The van der Waals surface area contributed by atoms with Crippen LogP contribution in [0.4, 0.5) is 4.39 Å². The van der Waals surface area contributed by atoms with Crippen LogP contribution in [0.25, 0.3) is 0 Å². The molecule has 0 spiro atoms.